The number of nitrogens with one attached hydrogen (secondary N) is 1. The first-order valence-corrected chi connectivity index (χ1v) is 9.07. The lowest BCUT2D eigenvalue weighted by molar-refractivity contribution is -0.122. The Kier molecular flexibility index (Phi) is 12.9. The van der Waals surface area contributed by atoms with Gasteiger partial charge in [-0.2, -0.15) is 0 Å². The smallest absolute Gasteiger partial charge is 0.237 e. The molecule has 1 amide bonds. The summed E-state index contributed by atoms with van der Waals surface area (Å²) in [5, 5.41) is 2.90. The summed E-state index contributed by atoms with van der Waals surface area (Å²) in [5.74, 6) is 0.853. The molecular weight excluding hydrogens is 433 g/mol. The molecule has 3 N–H and O–H groups in total. The Labute approximate surface area is 191 Å². The van der Waals surface area contributed by atoms with Crippen LogP contribution in [0.15, 0.2) is 48.7 Å². The summed E-state index contributed by atoms with van der Waals surface area (Å²) in [7, 11) is 2.14. The zero-order valence-corrected chi connectivity index (χ0v) is 18.9. The van der Waals surface area contributed by atoms with Gasteiger partial charge in [-0.3, -0.25) is 4.79 Å². The van der Waals surface area contributed by atoms with E-state index >= 15 is 0 Å². The summed E-state index contributed by atoms with van der Waals surface area (Å²) in [6.07, 6.45) is 2.37. The predicted octanol–water partition coefficient (Wildman–Crippen LogP) is 2.29. The van der Waals surface area contributed by atoms with Crippen molar-refractivity contribution in [3.8, 4) is 0 Å². The molecular formula is C20H30Cl3N5O. The molecule has 9 heteroatoms. The fourth-order valence-electron chi connectivity index (χ4n) is 3.02. The van der Waals surface area contributed by atoms with Crippen LogP contribution in [0.2, 0.25) is 0 Å². The number of carbonyl (C=O) groups excluding carboxylic acids is 1. The minimum atomic E-state index is -0.546. The fraction of sp³-hybridized carbons (Fsp3) is 0.400. The molecule has 1 aromatic heterocycles. The lowest BCUT2D eigenvalue weighted by Crippen LogP contribution is -2.44. The van der Waals surface area contributed by atoms with Crippen LogP contribution in [-0.2, 0) is 17.8 Å². The van der Waals surface area contributed by atoms with Crippen LogP contribution in [0.5, 0.6) is 0 Å². The predicted molar refractivity (Wildman–Crippen MR) is 126 cm³/mol. The van der Waals surface area contributed by atoms with Gasteiger partial charge in [0.05, 0.1) is 6.04 Å². The zero-order chi connectivity index (χ0) is 18.4. The van der Waals surface area contributed by atoms with Crippen LogP contribution < -0.4 is 16.0 Å². The maximum atomic E-state index is 12.2. The Bertz CT molecular complexity index is 710. The van der Waals surface area contributed by atoms with Crippen LogP contribution in [0.25, 0.3) is 0 Å². The summed E-state index contributed by atoms with van der Waals surface area (Å²) in [4.78, 5) is 21.3. The van der Waals surface area contributed by atoms with Gasteiger partial charge in [-0.15, -0.1) is 37.2 Å². The number of likely N-dealkylation sites (N-methyl/N-ethyl adjacent to an activating group) is 1. The number of benzene rings is 1. The monoisotopic (exact) mass is 461 g/mol. The first-order valence-electron chi connectivity index (χ1n) is 9.07. The number of nitrogens with zero attached hydrogens (tertiary/aromatic N) is 3. The van der Waals surface area contributed by atoms with Gasteiger partial charge in [0.15, 0.2) is 0 Å². The van der Waals surface area contributed by atoms with E-state index in [1.54, 1.807) is 0 Å². The number of nitrogens with two attached hydrogens (primary N) is 1. The van der Waals surface area contributed by atoms with Gasteiger partial charge < -0.3 is 20.9 Å². The van der Waals surface area contributed by atoms with Crippen molar-refractivity contribution in [2.75, 3.05) is 38.1 Å². The molecule has 2 heterocycles. The van der Waals surface area contributed by atoms with Crippen LogP contribution in [0.1, 0.15) is 11.1 Å². The highest BCUT2D eigenvalue weighted by atomic mass is 35.5. The molecule has 3 rings (SSSR count). The highest BCUT2D eigenvalue weighted by Gasteiger charge is 2.16. The van der Waals surface area contributed by atoms with Gasteiger partial charge in [0.25, 0.3) is 0 Å². The van der Waals surface area contributed by atoms with Crippen molar-refractivity contribution in [1.82, 2.24) is 15.2 Å². The molecule has 1 atom stereocenters. The van der Waals surface area contributed by atoms with E-state index in [9.17, 15) is 4.79 Å². The molecule has 0 saturated carbocycles. The number of amides is 1. The number of hydrogen-bond donors (Lipinski definition) is 2. The van der Waals surface area contributed by atoms with Crippen LogP contribution in [0, 0.1) is 0 Å². The second-order valence-electron chi connectivity index (χ2n) is 6.83. The van der Waals surface area contributed by atoms with Gasteiger partial charge in [0, 0.05) is 38.9 Å². The first kappa shape index (κ1) is 27.4. The van der Waals surface area contributed by atoms with E-state index in [-0.39, 0.29) is 43.1 Å². The van der Waals surface area contributed by atoms with E-state index in [2.05, 4.69) is 27.1 Å². The molecule has 1 fully saturated rings. The molecule has 0 spiro atoms. The summed E-state index contributed by atoms with van der Waals surface area (Å²) in [6, 6.07) is 13.3. The van der Waals surface area contributed by atoms with E-state index < -0.39 is 6.04 Å². The second kappa shape index (κ2) is 13.6. The Morgan fingerprint density at radius 1 is 1.03 bits per heavy atom. The van der Waals surface area contributed by atoms with Crippen molar-refractivity contribution in [2.45, 2.75) is 19.0 Å². The molecule has 1 aliphatic rings. The molecule has 0 aliphatic carbocycles. The average Bonchev–Trinajstić information content (AvgIpc) is 2.68. The maximum Gasteiger partial charge on any atom is 0.237 e. The third-order valence-corrected chi connectivity index (χ3v) is 4.74. The van der Waals surface area contributed by atoms with Gasteiger partial charge in [0.2, 0.25) is 5.91 Å². The highest BCUT2D eigenvalue weighted by molar-refractivity contribution is 5.86. The van der Waals surface area contributed by atoms with Gasteiger partial charge in [-0.05, 0) is 30.7 Å². The number of halogens is 3. The number of rotatable bonds is 6. The van der Waals surface area contributed by atoms with Crippen LogP contribution in [0.3, 0.4) is 0 Å². The SMILES string of the molecule is CN1CCN(c2ccc(CNC(=O)C(N)Cc3ccccc3)cn2)CC1.Cl.Cl.Cl. The number of piperazine rings is 1. The lowest BCUT2D eigenvalue weighted by atomic mass is 10.1. The van der Waals surface area contributed by atoms with Crippen molar-refractivity contribution in [3.05, 3.63) is 59.8 Å². The van der Waals surface area contributed by atoms with Gasteiger partial charge >= 0.3 is 0 Å². The molecule has 29 heavy (non-hydrogen) atoms. The van der Waals surface area contributed by atoms with Crippen molar-refractivity contribution >= 4 is 48.9 Å². The summed E-state index contributed by atoms with van der Waals surface area (Å²) in [5.41, 5.74) is 8.05. The first-order chi connectivity index (χ1) is 12.6. The Morgan fingerprint density at radius 3 is 2.28 bits per heavy atom. The molecule has 1 aromatic carbocycles. The second-order valence-corrected chi connectivity index (χ2v) is 6.83. The number of pyridine rings is 1. The minimum Gasteiger partial charge on any atom is -0.354 e. The standard InChI is InChI=1S/C20H27N5O.3ClH/c1-24-9-11-25(12-10-24)19-8-7-17(14-22-19)15-23-20(26)18(21)13-16-5-3-2-4-6-16;;;/h2-8,14,18H,9-13,15,21H2,1H3,(H,23,26);3*1H. The third kappa shape index (κ3) is 8.36. The van der Waals surface area contributed by atoms with Gasteiger partial charge in [-0.25, -0.2) is 4.98 Å². The number of anilines is 1. The molecule has 0 bridgehead atoms. The van der Waals surface area contributed by atoms with E-state index in [1.807, 2.05) is 48.7 Å². The maximum absolute atomic E-state index is 12.2. The minimum absolute atomic E-state index is 0. The number of carbonyl (C=O) groups is 1. The fourth-order valence-corrected chi connectivity index (χ4v) is 3.02. The molecule has 162 valence electrons. The lowest BCUT2D eigenvalue weighted by Gasteiger charge is -2.33. The topological polar surface area (TPSA) is 74.5 Å². The molecule has 1 saturated heterocycles. The van der Waals surface area contributed by atoms with E-state index in [1.165, 1.54) is 0 Å². The van der Waals surface area contributed by atoms with E-state index in [4.69, 9.17) is 5.73 Å². The van der Waals surface area contributed by atoms with Crippen LogP contribution in [-0.4, -0.2) is 55.1 Å². The summed E-state index contributed by atoms with van der Waals surface area (Å²) in [6.45, 7) is 4.54. The van der Waals surface area contributed by atoms with Crippen molar-refractivity contribution in [3.63, 3.8) is 0 Å². The summed E-state index contributed by atoms with van der Waals surface area (Å²) >= 11 is 0. The van der Waals surface area contributed by atoms with E-state index in [0.29, 0.717) is 13.0 Å². The highest BCUT2D eigenvalue weighted by Crippen LogP contribution is 2.13. The van der Waals surface area contributed by atoms with Gasteiger partial charge in [-0.1, -0.05) is 36.4 Å². The average molecular weight is 463 g/mol. The molecule has 2 aromatic rings. The number of hydrogen-bond acceptors (Lipinski definition) is 5. The Hall–Kier alpha value is -1.57. The third-order valence-electron chi connectivity index (χ3n) is 4.74. The number of aromatic nitrogens is 1. The molecule has 1 unspecified atom stereocenters. The van der Waals surface area contributed by atoms with Crippen molar-refractivity contribution < 1.29 is 4.79 Å². The van der Waals surface area contributed by atoms with Crippen molar-refractivity contribution in [1.29, 1.82) is 0 Å². The largest absolute Gasteiger partial charge is 0.354 e. The van der Waals surface area contributed by atoms with Crippen LogP contribution >= 0.6 is 37.2 Å². The van der Waals surface area contributed by atoms with Crippen molar-refractivity contribution in [2.24, 2.45) is 5.73 Å². The molecule has 0 radical (unpaired) electrons. The molecule has 1 aliphatic heterocycles. The van der Waals surface area contributed by atoms with Crippen LogP contribution in [0.4, 0.5) is 5.82 Å². The zero-order valence-electron chi connectivity index (χ0n) is 16.5. The Morgan fingerprint density at radius 2 is 1.69 bits per heavy atom. The van der Waals surface area contributed by atoms with Gasteiger partial charge in [0.1, 0.15) is 5.82 Å². The Balaban J connectivity index is 0.00000261. The quantitative estimate of drug-likeness (QED) is 0.689. The molecule has 6 nitrogen and oxygen atoms in total. The van der Waals surface area contributed by atoms with E-state index in [0.717, 1.165) is 43.1 Å². The summed E-state index contributed by atoms with van der Waals surface area (Å²) < 4.78 is 0. The normalized spacial score (nSPS) is 14.6.